The van der Waals surface area contributed by atoms with Crippen molar-refractivity contribution in [2.75, 3.05) is 19.7 Å². The molecule has 1 saturated heterocycles. The molecule has 2 aromatic rings. The highest BCUT2D eigenvalue weighted by Crippen LogP contribution is 2.20. The fraction of sp³-hybridized carbons (Fsp3) is 0.350. The smallest absolute Gasteiger partial charge is 0.226 e. The predicted molar refractivity (Wildman–Crippen MR) is 92.0 cm³/mol. The summed E-state index contributed by atoms with van der Waals surface area (Å²) in [4.78, 5) is 14.3. The molecule has 1 aliphatic rings. The quantitative estimate of drug-likeness (QED) is 0.942. The van der Waals surface area contributed by atoms with Gasteiger partial charge in [0.2, 0.25) is 5.91 Å². The summed E-state index contributed by atoms with van der Waals surface area (Å²) in [6.07, 6.45) is 2.45. The Morgan fingerprint density at radius 3 is 2.43 bits per heavy atom. The lowest BCUT2D eigenvalue weighted by Gasteiger charge is -2.32. The minimum Gasteiger partial charge on any atom is -0.396 e. The fourth-order valence-corrected chi connectivity index (χ4v) is 3.17. The van der Waals surface area contributed by atoms with Gasteiger partial charge < -0.3 is 10.0 Å². The van der Waals surface area contributed by atoms with Gasteiger partial charge in [0.1, 0.15) is 0 Å². The molecule has 3 heteroatoms. The molecule has 2 aromatic carbocycles. The van der Waals surface area contributed by atoms with Crippen LogP contribution in [0.4, 0.5) is 0 Å². The number of hydrogen-bond donors (Lipinski definition) is 1. The maximum absolute atomic E-state index is 12.4. The lowest BCUT2D eigenvalue weighted by Crippen LogP contribution is -2.41. The lowest BCUT2D eigenvalue weighted by molar-refractivity contribution is -0.132. The highest BCUT2D eigenvalue weighted by molar-refractivity contribution is 5.79. The molecular weight excluding hydrogens is 286 g/mol. The van der Waals surface area contributed by atoms with Crippen LogP contribution in [0.5, 0.6) is 0 Å². The first kappa shape index (κ1) is 15.8. The van der Waals surface area contributed by atoms with Crippen molar-refractivity contribution < 1.29 is 9.90 Å². The molecule has 0 radical (unpaired) electrons. The maximum atomic E-state index is 12.4. The van der Waals surface area contributed by atoms with E-state index in [-0.39, 0.29) is 18.4 Å². The summed E-state index contributed by atoms with van der Waals surface area (Å²) in [5.41, 5.74) is 3.40. The molecule has 1 fully saturated rings. The number of amides is 1. The van der Waals surface area contributed by atoms with E-state index < -0.39 is 0 Å². The van der Waals surface area contributed by atoms with Gasteiger partial charge in [-0.05, 0) is 35.4 Å². The third-order valence-electron chi connectivity index (χ3n) is 4.55. The fourth-order valence-electron chi connectivity index (χ4n) is 3.17. The molecule has 1 atom stereocenters. The van der Waals surface area contributed by atoms with Crippen LogP contribution in [-0.4, -0.2) is 35.6 Å². The van der Waals surface area contributed by atoms with E-state index in [1.807, 2.05) is 35.2 Å². The molecule has 0 spiro atoms. The van der Waals surface area contributed by atoms with Crippen LogP contribution in [0.25, 0.3) is 11.1 Å². The van der Waals surface area contributed by atoms with Crippen molar-refractivity contribution in [1.82, 2.24) is 4.90 Å². The molecule has 0 bridgehead atoms. The van der Waals surface area contributed by atoms with E-state index in [1.54, 1.807) is 0 Å². The zero-order valence-electron chi connectivity index (χ0n) is 13.3. The number of piperidine rings is 1. The van der Waals surface area contributed by atoms with Crippen LogP contribution in [0, 0.1) is 5.92 Å². The Bertz CT molecular complexity index is 636. The molecule has 1 unspecified atom stereocenters. The van der Waals surface area contributed by atoms with E-state index in [2.05, 4.69) is 24.3 Å². The van der Waals surface area contributed by atoms with Gasteiger partial charge in [-0.15, -0.1) is 0 Å². The first-order valence-corrected chi connectivity index (χ1v) is 8.29. The summed E-state index contributed by atoms with van der Waals surface area (Å²) < 4.78 is 0. The zero-order valence-corrected chi connectivity index (χ0v) is 13.3. The third kappa shape index (κ3) is 3.99. The van der Waals surface area contributed by atoms with Crippen molar-refractivity contribution in [3.63, 3.8) is 0 Å². The molecule has 0 aromatic heterocycles. The van der Waals surface area contributed by atoms with Crippen LogP contribution in [0.1, 0.15) is 18.4 Å². The van der Waals surface area contributed by atoms with Crippen LogP contribution in [-0.2, 0) is 11.2 Å². The number of benzene rings is 2. The summed E-state index contributed by atoms with van der Waals surface area (Å²) in [5.74, 6) is 0.406. The van der Waals surface area contributed by atoms with E-state index in [1.165, 1.54) is 11.1 Å². The van der Waals surface area contributed by atoms with Gasteiger partial charge in [-0.3, -0.25) is 4.79 Å². The Balaban J connectivity index is 1.63. The van der Waals surface area contributed by atoms with E-state index in [0.29, 0.717) is 13.0 Å². The Kier molecular flexibility index (Phi) is 5.09. The second-order valence-electron chi connectivity index (χ2n) is 6.27. The number of aliphatic hydroxyl groups excluding tert-OH is 1. The summed E-state index contributed by atoms with van der Waals surface area (Å²) >= 11 is 0. The Hall–Kier alpha value is -2.13. The van der Waals surface area contributed by atoms with E-state index in [9.17, 15) is 9.90 Å². The van der Waals surface area contributed by atoms with Crippen LogP contribution >= 0.6 is 0 Å². The average molecular weight is 309 g/mol. The number of likely N-dealkylation sites (tertiary alicyclic amines) is 1. The second kappa shape index (κ2) is 7.42. The van der Waals surface area contributed by atoms with Crippen molar-refractivity contribution in [3.8, 4) is 11.1 Å². The van der Waals surface area contributed by atoms with Gasteiger partial charge in [0, 0.05) is 19.7 Å². The summed E-state index contributed by atoms with van der Waals surface area (Å²) in [5, 5.41) is 9.28. The Morgan fingerprint density at radius 1 is 1.04 bits per heavy atom. The largest absolute Gasteiger partial charge is 0.396 e. The first-order valence-electron chi connectivity index (χ1n) is 8.29. The van der Waals surface area contributed by atoms with E-state index in [4.69, 9.17) is 0 Å². The van der Waals surface area contributed by atoms with Crippen molar-refractivity contribution in [2.24, 2.45) is 5.92 Å². The molecule has 1 heterocycles. The second-order valence-corrected chi connectivity index (χ2v) is 6.27. The molecule has 1 N–H and O–H groups in total. The average Bonchev–Trinajstić information content (AvgIpc) is 2.63. The Labute approximate surface area is 137 Å². The van der Waals surface area contributed by atoms with Crippen molar-refractivity contribution in [2.45, 2.75) is 19.3 Å². The first-order chi connectivity index (χ1) is 11.3. The zero-order chi connectivity index (χ0) is 16.1. The van der Waals surface area contributed by atoms with Gasteiger partial charge in [0.25, 0.3) is 0 Å². The molecule has 0 saturated carbocycles. The highest BCUT2D eigenvalue weighted by Gasteiger charge is 2.22. The standard InChI is InChI=1S/C20H23NO2/c22-15-17-5-4-12-21(14-17)20(23)13-16-8-10-19(11-9-16)18-6-2-1-3-7-18/h1-3,6-11,17,22H,4-5,12-15H2. The molecule has 1 amide bonds. The molecule has 23 heavy (non-hydrogen) atoms. The van der Waals surface area contributed by atoms with Crippen LogP contribution in [0.3, 0.4) is 0 Å². The molecule has 120 valence electrons. The number of carbonyl (C=O) groups excluding carboxylic acids is 1. The SMILES string of the molecule is O=C(Cc1ccc(-c2ccccc2)cc1)N1CCCC(CO)C1. The van der Waals surface area contributed by atoms with E-state index in [0.717, 1.165) is 24.9 Å². The van der Waals surface area contributed by atoms with Gasteiger partial charge in [0.05, 0.1) is 6.42 Å². The van der Waals surface area contributed by atoms with Gasteiger partial charge in [-0.2, -0.15) is 0 Å². The van der Waals surface area contributed by atoms with E-state index >= 15 is 0 Å². The molecule has 0 aliphatic carbocycles. The van der Waals surface area contributed by atoms with Gasteiger partial charge in [-0.25, -0.2) is 0 Å². The molecule has 1 aliphatic heterocycles. The Morgan fingerprint density at radius 2 is 1.74 bits per heavy atom. The topological polar surface area (TPSA) is 40.5 Å². The summed E-state index contributed by atoms with van der Waals surface area (Å²) in [6, 6.07) is 18.5. The number of hydrogen-bond acceptors (Lipinski definition) is 2. The van der Waals surface area contributed by atoms with Crippen molar-refractivity contribution in [3.05, 3.63) is 60.2 Å². The van der Waals surface area contributed by atoms with Crippen molar-refractivity contribution in [1.29, 1.82) is 0 Å². The third-order valence-corrected chi connectivity index (χ3v) is 4.55. The minimum atomic E-state index is 0.163. The number of carbonyl (C=O) groups is 1. The van der Waals surface area contributed by atoms with Gasteiger partial charge in [-0.1, -0.05) is 54.6 Å². The minimum absolute atomic E-state index is 0.163. The van der Waals surface area contributed by atoms with Crippen LogP contribution < -0.4 is 0 Å². The number of nitrogens with zero attached hydrogens (tertiary/aromatic N) is 1. The van der Waals surface area contributed by atoms with Crippen LogP contribution in [0.2, 0.25) is 0 Å². The highest BCUT2D eigenvalue weighted by atomic mass is 16.3. The van der Waals surface area contributed by atoms with Crippen LogP contribution in [0.15, 0.2) is 54.6 Å². The van der Waals surface area contributed by atoms with Gasteiger partial charge in [0.15, 0.2) is 0 Å². The monoisotopic (exact) mass is 309 g/mol. The summed E-state index contributed by atoms with van der Waals surface area (Å²) in [7, 11) is 0. The molecule has 3 rings (SSSR count). The van der Waals surface area contributed by atoms with Gasteiger partial charge >= 0.3 is 0 Å². The summed E-state index contributed by atoms with van der Waals surface area (Å²) in [6.45, 7) is 1.68. The molecular formula is C20H23NO2. The maximum Gasteiger partial charge on any atom is 0.226 e. The lowest BCUT2D eigenvalue weighted by atomic mass is 9.98. The number of aliphatic hydroxyl groups is 1. The normalized spacial score (nSPS) is 18.0. The van der Waals surface area contributed by atoms with Crippen molar-refractivity contribution >= 4 is 5.91 Å². The predicted octanol–water partition coefficient (Wildman–Crippen LogP) is 3.13. The molecule has 3 nitrogen and oxygen atoms in total. The number of rotatable bonds is 4.